The van der Waals surface area contributed by atoms with E-state index < -0.39 is 0 Å². The summed E-state index contributed by atoms with van der Waals surface area (Å²) in [6.45, 7) is 4.49. The summed E-state index contributed by atoms with van der Waals surface area (Å²) in [6.07, 6.45) is 6.46. The molecule has 2 fully saturated rings. The van der Waals surface area contributed by atoms with Crippen molar-refractivity contribution in [3.05, 3.63) is 0 Å². The van der Waals surface area contributed by atoms with Gasteiger partial charge in [0.05, 0.1) is 5.84 Å². The lowest BCUT2D eigenvalue weighted by Crippen LogP contribution is -2.43. The zero-order chi connectivity index (χ0) is 10.7. The summed E-state index contributed by atoms with van der Waals surface area (Å²) < 4.78 is 0. The Balaban J connectivity index is 1.88. The molecule has 0 bridgehead atoms. The zero-order valence-corrected chi connectivity index (χ0v) is 10.5. The molecule has 3 heteroatoms. The van der Waals surface area contributed by atoms with E-state index in [1.54, 1.807) is 0 Å². The normalized spacial score (nSPS) is 28.3. The molecular weight excluding hydrogens is 204 g/mol. The average Bonchev–Trinajstić information content (AvgIpc) is 2.81. The lowest BCUT2D eigenvalue weighted by Gasteiger charge is -2.35. The van der Waals surface area contributed by atoms with Gasteiger partial charge < -0.3 is 4.90 Å². The lowest BCUT2D eigenvalue weighted by molar-refractivity contribution is 0.395. The Kier molecular flexibility index (Phi) is 3.95. The topological polar surface area (TPSA) is 27.1 Å². The van der Waals surface area contributed by atoms with Crippen LogP contribution in [0.2, 0.25) is 0 Å². The van der Waals surface area contributed by atoms with Crippen molar-refractivity contribution < 1.29 is 0 Å². The minimum absolute atomic E-state index is 0.589. The van der Waals surface area contributed by atoms with E-state index in [0.29, 0.717) is 5.92 Å². The zero-order valence-electron chi connectivity index (χ0n) is 9.67. The van der Waals surface area contributed by atoms with Crippen LogP contribution in [0.3, 0.4) is 0 Å². The Hall–Kier alpha value is -0.180. The molecule has 1 N–H and O–H groups in total. The maximum Gasteiger partial charge on any atom is 0.0990 e. The average molecular weight is 226 g/mol. The molecule has 0 amide bonds. The molecule has 1 aliphatic heterocycles. The third-order valence-corrected chi connectivity index (χ3v) is 5.05. The van der Waals surface area contributed by atoms with Gasteiger partial charge in [-0.3, -0.25) is 5.41 Å². The molecule has 86 valence electrons. The highest BCUT2D eigenvalue weighted by molar-refractivity contribution is 8.00. The maximum absolute atomic E-state index is 8.26. The van der Waals surface area contributed by atoms with E-state index in [1.165, 1.54) is 37.9 Å². The second-order valence-electron chi connectivity index (χ2n) is 4.71. The highest BCUT2D eigenvalue weighted by atomic mass is 32.2. The van der Waals surface area contributed by atoms with Gasteiger partial charge in [0.2, 0.25) is 0 Å². The molecule has 2 rings (SSSR count). The Bertz CT molecular complexity index is 224. The van der Waals surface area contributed by atoms with Crippen LogP contribution in [0.4, 0.5) is 0 Å². The molecule has 2 aliphatic rings. The van der Waals surface area contributed by atoms with Gasteiger partial charge in [0.15, 0.2) is 0 Å². The summed E-state index contributed by atoms with van der Waals surface area (Å²) in [5.41, 5.74) is 0. The SMILES string of the molecule is CCC1CN(C(=N)C2CCCC2)CCS1. The molecule has 15 heavy (non-hydrogen) atoms. The van der Waals surface area contributed by atoms with E-state index in [2.05, 4.69) is 23.6 Å². The van der Waals surface area contributed by atoms with Gasteiger partial charge in [-0.15, -0.1) is 0 Å². The van der Waals surface area contributed by atoms with Gasteiger partial charge in [0, 0.05) is 30.0 Å². The number of rotatable bonds is 2. The van der Waals surface area contributed by atoms with Gasteiger partial charge in [0.1, 0.15) is 0 Å². The van der Waals surface area contributed by atoms with Gasteiger partial charge in [-0.1, -0.05) is 19.8 Å². The summed E-state index contributed by atoms with van der Waals surface area (Å²) in [5.74, 6) is 2.75. The lowest BCUT2D eigenvalue weighted by atomic mass is 10.1. The van der Waals surface area contributed by atoms with E-state index >= 15 is 0 Å². The second kappa shape index (κ2) is 5.24. The van der Waals surface area contributed by atoms with Crippen LogP contribution in [-0.2, 0) is 0 Å². The van der Waals surface area contributed by atoms with Gasteiger partial charge in [-0.05, 0) is 19.3 Å². The van der Waals surface area contributed by atoms with Crippen molar-refractivity contribution in [1.29, 1.82) is 5.41 Å². The van der Waals surface area contributed by atoms with Crippen LogP contribution < -0.4 is 0 Å². The van der Waals surface area contributed by atoms with Crippen molar-refractivity contribution in [2.45, 2.75) is 44.3 Å². The van der Waals surface area contributed by atoms with Crippen molar-refractivity contribution in [2.75, 3.05) is 18.8 Å². The van der Waals surface area contributed by atoms with Gasteiger partial charge in [-0.25, -0.2) is 0 Å². The molecule has 1 atom stereocenters. The van der Waals surface area contributed by atoms with E-state index in [1.807, 2.05) is 0 Å². The van der Waals surface area contributed by atoms with Crippen LogP contribution >= 0.6 is 11.8 Å². The Morgan fingerprint density at radius 3 is 2.80 bits per heavy atom. The first-order valence-corrected chi connectivity index (χ1v) is 7.31. The fourth-order valence-corrected chi connectivity index (χ4v) is 3.82. The van der Waals surface area contributed by atoms with Crippen LogP contribution in [0, 0.1) is 11.3 Å². The molecule has 0 radical (unpaired) electrons. The minimum Gasteiger partial charge on any atom is -0.358 e. The van der Waals surface area contributed by atoms with Crippen molar-refractivity contribution in [1.82, 2.24) is 4.90 Å². The molecule has 0 aromatic heterocycles. The number of nitrogens with zero attached hydrogens (tertiary/aromatic N) is 1. The highest BCUT2D eigenvalue weighted by Crippen LogP contribution is 2.29. The van der Waals surface area contributed by atoms with E-state index in [9.17, 15) is 0 Å². The first-order valence-electron chi connectivity index (χ1n) is 6.26. The molecule has 1 aliphatic carbocycles. The molecule has 0 aromatic rings. The number of hydrogen-bond donors (Lipinski definition) is 1. The Morgan fingerprint density at radius 1 is 1.40 bits per heavy atom. The van der Waals surface area contributed by atoms with Crippen molar-refractivity contribution in [3.8, 4) is 0 Å². The standard InChI is InChI=1S/C12H22N2S/c1-2-11-9-14(7-8-15-11)12(13)10-5-3-4-6-10/h10-11,13H,2-9H2,1H3. The third kappa shape index (κ3) is 2.68. The maximum atomic E-state index is 8.26. The van der Waals surface area contributed by atoms with E-state index in [-0.39, 0.29) is 0 Å². The smallest absolute Gasteiger partial charge is 0.0990 e. The molecule has 2 nitrogen and oxygen atoms in total. The predicted octanol–water partition coefficient (Wildman–Crippen LogP) is 2.98. The van der Waals surface area contributed by atoms with Gasteiger partial charge >= 0.3 is 0 Å². The molecule has 1 heterocycles. The molecular formula is C12H22N2S. The second-order valence-corrected chi connectivity index (χ2v) is 6.12. The van der Waals surface area contributed by atoms with E-state index in [4.69, 9.17) is 5.41 Å². The quantitative estimate of drug-likeness (QED) is 0.579. The van der Waals surface area contributed by atoms with E-state index in [0.717, 1.165) is 24.2 Å². The first kappa shape index (κ1) is 11.3. The van der Waals surface area contributed by atoms with Crippen LogP contribution in [0.5, 0.6) is 0 Å². The van der Waals surface area contributed by atoms with Crippen LogP contribution in [-0.4, -0.2) is 34.8 Å². The summed E-state index contributed by atoms with van der Waals surface area (Å²) in [7, 11) is 0. The van der Waals surface area contributed by atoms with Crippen molar-refractivity contribution >= 4 is 17.6 Å². The predicted molar refractivity (Wildman–Crippen MR) is 67.8 cm³/mol. The third-order valence-electron chi connectivity index (χ3n) is 3.68. The minimum atomic E-state index is 0.589. The summed E-state index contributed by atoms with van der Waals surface area (Å²) >= 11 is 2.09. The fraction of sp³-hybridized carbons (Fsp3) is 0.917. The summed E-state index contributed by atoms with van der Waals surface area (Å²) in [6, 6.07) is 0. The van der Waals surface area contributed by atoms with Gasteiger partial charge in [0.25, 0.3) is 0 Å². The number of hydrogen-bond acceptors (Lipinski definition) is 2. The Labute approximate surface area is 97.3 Å². The van der Waals surface area contributed by atoms with Gasteiger partial charge in [-0.2, -0.15) is 11.8 Å². The number of amidine groups is 1. The monoisotopic (exact) mass is 226 g/mol. The molecule has 1 unspecified atom stereocenters. The van der Waals surface area contributed by atoms with Crippen molar-refractivity contribution in [2.24, 2.45) is 5.92 Å². The van der Waals surface area contributed by atoms with Crippen LogP contribution in [0.15, 0.2) is 0 Å². The number of thioether (sulfide) groups is 1. The molecule has 1 saturated heterocycles. The van der Waals surface area contributed by atoms with Crippen LogP contribution in [0.25, 0.3) is 0 Å². The Morgan fingerprint density at radius 2 is 2.13 bits per heavy atom. The first-order chi connectivity index (χ1) is 7.31. The summed E-state index contributed by atoms with van der Waals surface area (Å²) in [4.78, 5) is 2.35. The summed E-state index contributed by atoms with van der Waals surface area (Å²) in [5, 5.41) is 9.03. The van der Waals surface area contributed by atoms with Crippen molar-refractivity contribution in [3.63, 3.8) is 0 Å². The highest BCUT2D eigenvalue weighted by Gasteiger charge is 2.27. The molecule has 0 spiro atoms. The fourth-order valence-electron chi connectivity index (χ4n) is 2.64. The number of nitrogens with one attached hydrogen (secondary N) is 1. The molecule has 1 saturated carbocycles. The largest absolute Gasteiger partial charge is 0.358 e. The molecule has 0 aromatic carbocycles. The van der Waals surface area contributed by atoms with Crippen LogP contribution in [0.1, 0.15) is 39.0 Å².